The van der Waals surface area contributed by atoms with E-state index in [-0.39, 0.29) is 24.8 Å². The maximum absolute atomic E-state index is 6.40. The predicted octanol–water partition coefficient (Wildman–Crippen LogP) is 1.72. The molecule has 0 bridgehead atoms. The van der Waals surface area contributed by atoms with Crippen LogP contribution in [0.2, 0.25) is 13.1 Å². The molecule has 1 atom stereocenters. The fraction of sp³-hybridized carbons (Fsp3) is 0.462. The van der Waals surface area contributed by atoms with Gasteiger partial charge in [0.05, 0.1) is 0 Å². The van der Waals surface area contributed by atoms with Crippen molar-refractivity contribution in [3.63, 3.8) is 0 Å². The Hall–Kier alpha value is -0.180. The van der Waals surface area contributed by atoms with Gasteiger partial charge in [-0.05, 0) is 0 Å². The molecule has 0 aromatic heterocycles. The fourth-order valence-electron chi connectivity index (χ4n) is 4.17. The number of hydrogen-bond acceptors (Lipinski definition) is 1. The molecule has 0 aliphatic heterocycles. The zero-order valence-corrected chi connectivity index (χ0v) is 24.5. The molecule has 2 aromatic carbocycles. The van der Waals surface area contributed by atoms with Gasteiger partial charge in [-0.15, -0.1) is 0 Å². The molecule has 1 unspecified atom stereocenters. The zero-order valence-electron chi connectivity index (χ0n) is 19.4. The van der Waals surface area contributed by atoms with Crippen LogP contribution in [0.4, 0.5) is 0 Å². The maximum Gasteiger partial charge on any atom is -1.00 e. The molecular formula is C26H36Cl2OSiZr. The predicted molar refractivity (Wildman–Crippen MR) is 125 cm³/mol. The van der Waals surface area contributed by atoms with Gasteiger partial charge in [0.1, 0.15) is 0 Å². The van der Waals surface area contributed by atoms with Crippen molar-refractivity contribution >= 4 is 15.1 Å². The molecule has 168 valence electrons. The largest absolute Gasteiger partial charge is 1.00 e. The van der Waals surface area contributed by atoms with Crippen LogP contribution < -0.4 is 24.8 Å². The third kappa shape index (κ3) is 7.97. The molecule has 2 aromatic rings. The molecule has 0 spiro atoms. The van der Waals surface area contributed by atoms with Crippen molar-refractivity contribution in [2.45, 2.75) is 75.5 Å². The second kappa shape index (κ2) is 14.9. The smallest absolute Gasteiger partial charge is 1.00 e. The van der Waals surface area contributed by atoms with Crippen LogP contribution in [0.25, 0.3) is 17.2 Å². The number of rotatable bonds is 11. The first kappa shape index (κ1) is 28.9. The molecule has 1 aliphatic carbocycles. The Morgan fingerprint density at radius 2 is 1.61 bits per heavy atom. The zero-order chi connectivity index (χ0) is 20.6. The fourth-order valence-corrected chi connectivity index (χ4v) is 9.45. The quantitative estimate of drug-likeness (QED) is 0.304. The number of allylic oxidation sites excluding steroid dienone is 1. The first-order valence-electron chi connectivity index (χ1n) is 11.5. The SMILES string of the molecule is CCCCCCC1=Cc2c(-c3ccc(CCC)cc3)cccc2[CH]1[Zr+2][O][SiH](C)C.[Cl-].[Cl-]. The minimum Gasteiger partial charge on any atom is -1.00 e. The second-order valence-electron chi connectivity index (χ2n) is 8.50. The van der Waals surface area contributed by atoms with Gasteiger partial charge in [0.2, 0.25) is 0 Å². The van der Waals surface area contributed by atoms with E-state index in [4.69, 9.17) is 2.50 Å². The summed E-state index contributed by atoms with van der Waals surface area (Å²) >= 11 is -0.891. The van der Waals surface area contributed by atoms with E-state index in [1.807, 2.05) is 0 Å². The maximum atomic E-state index is 6.40. The van der Waals surface area contributed by atoms with Crippen LogP contribution in [-0.2, 0) is 32.6 Å². The molecular weight excluding hydrogens is 519 g/mol. The Balaban J connectivity index is 0.00000240. The Morgan fingerprint density at radius 1 is 0.871 bits per heavy atom. The van der Waals surface area contributed by atoms with Gasteiger partial charge in [-0.25, -0.2) is 0 Å². The van der Waals surface area contributed by atoms with Gasteiger partial charge < -0.3 is 24.8 Å². The van der Waals surface area contributed by atoms with E-state index < -0.39 is 32.7 Å². The summed E-state index contributed by atoms with van der Waals surface area (Å²) in [5.41, 5.74) is 8.88. The van der Waals surface area contributed by atoms with Crippen LogP contribution in [0.1, 0.15) is 72.7 Å². The summed E-state index contributed by atoms with van der Waals surface area (Å²) in [4.78, 5) is 0. The average molecular weight is 555 g/mol. The monoisotopic (exact) mass is 552 g/mol. The Kier molecular flexibility index (Phi) is 13.8. The van der Waals surface area contributed by atoms with E-state index in [0.717, 1.165) is 0 Å². The first-order chi connectivity index (χ1) is 14.1. The molecule has 0 N–H and O–H groups in total. The summed E-state index contributed by atoms with van der Waals surface area (Å²) in [5.74, 6) is 0. The van der Waals surface area contributed by atoms with Crippen molar-refractivity contribution < 1.29 is 51.0 Å². The van der Waals surface area contributed by atoms with Crippen molar-refractivity contribution in [2.24, 2.45) is 0 Å². The second-order valence-corrected chi connectivity index (χ2v) is 14.6. The Morgan fingerprint density at radius 3 is 2.26 bits per heavy atom. The van der Waals surface area contributed by atoms with Crippen LogP contribution >= 0.6 is 0 Å². The molecule has 0 fully saturated rings. The van der Waals surface area contributed by atoms with Gasteiger partial charge in [-0.1, -0.05) is 0 Å². The third-order valence-electron chi connectivity index (χ3n) is 5.70. The molecule has 1 nitrogen and oxygen atoms in total. The van der Waals surface area contributed by atoms with Gasteiger partial charge in [0.15, 0.2) is 0 Å². The van der Waals surface area contributed by atoms with Crippen LogP contribution in [0.5, 0.6) is 0 Å². The molecule has 3 rings (SSSR count). The number of aryl methyl sites for hydroxylation is 1. The standard InChI is InChI=1S/C24H29.C2H7OSi.2ClH.Zr/c1-3-5-6-7-10-20-17-22-11-8-12-23(24(22)18-20)21-15-13-19(9-4-2)14-16-21;1-4(2)3;;;/h8,11-18H,3-7,9-10H2,1-2H3;4H,1-2H3;2*1H;/q;-1;;;+3/p-2. The van der Waals surface area contributed by atoms with Crippen LogP contribution in [0, 0.1) is 0 Å². The van der Waals surface area contributed by atoms with E-state index in [9.17, 15) is 0 Å². The molecule has 0 saturated carbocycles. The number of hydrogen-bond donors (Lipinski definition) is 0. The minimum absolute atomic E-state index is 0. The van der Waals surface area contributed by atoms with Crippen molar-refractivity contribution in [1.29, 1.82) is 0 Å². The van der Waals surface area contributed by atoms with Gasteiger partial charge in [-0.3, -0.25) is 0 Å². The molecule has 31 heavy (non-hydrogen) atoms. The topological polar surface area (TPSA) is 9.23 Å². The third-order valence-corrected chi connectivity index (χ3v) is 13.0. The van der Waals surface area contributed by atoms with Gasteiger partial charge in [-0.2, -0.15) is 0 Å². The van der Waals surface area contributed by atoms with Crippen LogP contribution in [0.15, 0.2) is 48.0 Å². The summed E-state index contributed by atoms with van der Waals surface area (Å²) in [6, 6.07) is 16.2. The number of fused-ring (bicyclic) bond motifs is 1. The molecule has 1 aliphatic rings. The molecule has 0 heterocycles. The van der Waals surface area contributed by atoms with Gasteiger partial charge in [0, 0.05) is 0 Å². The number of halogens is 2. The molecule has 0 amide bonds. The van der Waals surface area contributed by atoms with Crippen molar-refractivity contribution in [3.8, 4) is 11.1 Å². The van der Waals surface area contributed by atoms with Crippen LogP contribution in [0.3, 0.4) is 0 Å². The van der Waals surface area contributed by atoms with Crippen molar-refractivity contribution in [3.05, 3.63) is 64.7 Å². The van der Waals surface area contributed by atoms with Crippen molar-refractivity contribution in [2.75, 3.05) is 0 Å². The summed E-state index contributed by atoms with van der Waals surface area (Å²) in [6.45, 7) is 9.17. The number of benzene rings is 2. The van der Waals surface area contributed by atoms with Crippen molar-refractivity contribution in [1.82, 2.24) is 0 Å². The van der Waals surface area contributed by atoms with Crippen LogP contribution in [-0.4, -0.2) is 9.04 Å². The Labute approximate surface area is 216 Å². The van der Waals surface area contributed by atoms with E-state index in [2.05, 4.69) is 75.5 Å². The minimum atomic E-state index is -0.943. The number of unbranched alkanes of at least 4 members (excludes halogenated alkanes) is 3. The molecule has 0 radical (unpaired) electrons. The summed E-state index contributed by atoms with van der Waals surface area (Å²) in [7, 11) is -0.943. The van der Waals surface area contributed by atoms with E-state index in [0.29, 0.717) is 3.63 Å². The molecule has 0 saturated heterocycles. The summed E-state index contributed by atoms with van der Waals surface area (Å²) in [5, 5.41) is 0. The van der Waals surface area contributed by atoms with E-state index >= 15 is 0 Å². The average Bonchev–Trinajstić information content (AvgIpc) is 3.08. The van der Waals surface area contributed by atoms with E-state index in [1.165, 1.54) is 67.2 Å². The summed E-state index contributed by atoms with van der Waals surface area (Å²) in [6.07, 6.45) is 11.5. The normalized spacial score (nSPS) is 14.4. The Bertz CT molecular complexity index is 821. The van der Waals surface area contributed by atoms with E-state index in [1.54, 1.807) is 11.1 Å². The molecule has 5 heteroatoms. The first-order valence-corrected chi connectivity index (χ1v) is 16.7. The summed E-state index contributed by atoms with van der Waals surface area (Å²) < 4.78 is 7.01. The van der Waals surface area contributed by atoms with Gasteiger partial charge in [0.25, 0.3) is 0 Å². The van der Waals surface area contributed by atoms with Gasteiger partial charge >= 0.3 is 193 Å².